The lowest BCUT2D eigenvalue weighted by molar-refractivity contribution is 0.0922. The van der Waals surface area contributed by atoms with E-state index in [1.165, 1.54) is 12.1 Å². The van der Waals surface area contributed by atoms with Crippen LogP contribution in [0, 0.1) is 0 Å². The number of ketones is 1. The molecule has 0 saturated heterocycles. The van der Waals surface area contributed by atoms with Gasteiger partial charge in [0.1, 0.15) is 5.75 Å². The Morgan fingerprint density at radius 3 is 2.70 bits per heavy atom. The summed E-state index contributed by atoms with van der Waals surface area (Å²) in [7, 11) is 0. The first-order chi connectivity index (χ1) is 11.0. The van der Waals surface area contributed by atoms with Gasteiger partial charge in [-0.1, -0.05) is 35.3 Å². The number of nitrogens with one attached hydrogen (secondary N) is 1. The minimum Gasteiger partial charge on any atom is -0.483 e. The van der Waals surface area contributed by atoms with E-state index in [2.05, 4.69) is 4.98 Å². The molecule has 0 bridgehead atoms. The highest BCUT2D eigenvalue weighted by atomic mass is 35.5. The number of Topliss-reactive ketones (excluding diaryl/α,β-unsaturated/α-hetero) is 1. The van der Waals surface area contributed by atoms with E-state index in [0.29, 0.717) is 21.9 Å². The first kappa shape index (κ1) is 15.6. The lowest BCUT2D eigenvalue weighted by Crippen LogP contribution is -2.13. The van der Waals surface area contributed by atoms with Crippen LogP contribution in [0.15, 0.2) is 53.3 Å². The highest BCUT2D eigenvalue weighted by Gasteiger charge is 2.12. The molecular formula is C17H11Cl2NO3. The van der Waals surface area contributed by atoms with Crippen molar-refractivity contribution in [2.45, 2.75) is 0 Å². The molecule has 116 valence electrons. The van der Waals surface area contributed by atoms with Crippen LogP contribution in [-0.2, 0) is 0 Å². The Bertz CT molecular complexity index is 950. The Morgan fingerprint density at radius 2 is 1.91 bits per heavy atom. The predicted molar refractivity (Wildman–Crippen MR) is 90.9 cm³/mol. The van der Waals surface area contributed by atoms with Crippen molar-refractivity contribution in [2.24, 2.45) is 0 Å². The summed E-state index contributed by atoms with van der Waals surface area (Å²) in [5.41, 5.74) is 0.653. The van der Waals surface area contributed by atoms with E-state index in [0.717, 1.165) is 5.39 Å². The lowest BCUT2D eigenvalue weighted by Gasteiger charge is -2.09. The standard InChI is InChI=1S/C17H11Cl2NO3/c18-11-5-6-12(13(19)8-11)14(21)9-23-15-3-1-2-10-4-7-16(22)20-17(10)15/h1-8H,9H2,(H,20,22). The maximum atomic E-state index is 12.2. The fraction of sp³-hybridized carbons (Fsp3) is 0.0588. The van der Waals surface area contributed by atoms with Gasteiger partial charge in [0.05, 0.1) is 10.5 Å². The molecule has 0 aliphatic carbocycles. The van der Waals surface area contributed by atoms with Crippen LogP contribution in [0.3, 0.4) is 0 Å². The van der Waals surface area contributed by atoms with Crippen LogP contribution in [0.4, 0.5) is 0 Å². The minimum absolute atomic E-state index is 0.197. The van der Waals surface area contributed by atoms with Gasteiger partial charge in [-0.25, -0.2) is 0 Å². The quantitative estimate of drug-likeness (QED) is 0.723. The zero-order valence-electron chi connectivity index (χ0n) is 11.8. The number of hydrogen-bond acceptors (Lipinski definition) is 3. The molecule has 3 aromatic rings. The van der Waals surface area contributed by atoms with Crippen molar-refractivity contribution in [2.75, 3.05) is 6.61 Å². The van der Waals surface area contributed by atoms with Gasteiger partial charge in [-0.3, -0.25) is 9.59 Å². The second kappa shape index (κ2) is 6.44. The number of H-pyrrole nitrogens is 1. The number of pyridine rings is 1. The van der Waals surface area contributed by atoms with Crippen LogP contribution in [0.1, 0.15) is 10.4 Å². The Morgan fingerprint density at radius 1 is 1.09 bits per heavy atom. The van der Waals surface area contributed by atoms with Crippen molar-refractivity contribution >= 4 is 39.9 Å². The van der Waals surface area contributed by atoms with Gasteiger partial charge in [0, 0.05) is 22.0 Å². The molecule has 0 aliphatic heterocycles. The number of para-hydroxylation sites is 1. The Kier molecular flexibility index (Phi) is 4.37. The molecule has 3 rings (SSSR count). The molecule has 6 heteroatoms. The first-order valence-corrected chi connectivity index (χ1v) is 7.53. The Hall–Kier alpha value is -2.30. The molecule has 0 spiro atoms. The number of hydrogen-bond donors (Lipinski definition) is 1. The molecule has 1 heterocycles. The van der Waals surface area contributed by atoms with E-state index in [9.17, 15) is 9.59 Å². The van der Waals surface area contributed by atoms with Crippen molar-refractivity contribution in [3.05, 3.63) is 74.5 Å². The van der Waals surface area contributed by atoms with Crippen LogP contribution in [0.5, 0.6) is 5.75 Å². The second-order valence-electron chi connectivity index (χ2n) is 4.88. The number of fused-ring (bicyclic) bond motifs is 1. The van der Waals surface area contributed by atoms with Gasteiger partial charge in [-0.15, -0.1) is 0 Å². The summed E-state index contributed by atoms with van der Waals surface area (Å²) in [6.07, 6.45) is 0. The highest BCUT2D eigenvalue weighted by molar-refractivity contribution is 6.36. The summed E-state index contributed by atoms with van der Waals surface area (Å²) in [6, 6.07) is 13.1. The summed E-state index contributed by atoms with van der Waals surface area (Å²) in [6.45, 7) is -0.197. The van der Waals surface area contributed by atoms with Gasteiger partial charge in [0.15, 0.2) is 6.61 Å². The third kappa shape index (κ3) is 3.38. The van der Waals surface area contributed by atoms with Gasteiger partial charge in [0.2, 0.25) is 11.3 Å². The molecule has 0 radical (unpaired) electrons. The molecule has 0 amide bonds. The number of aromatic nitrogens is 1. The first-order valence-electron chi connectivity index (χ1n) is 6.78. The van der Waals surface area contributed by atoms with Crippen LogP contribution in [-0.4, -0.2) is 17.4 Å². The number of aromatic amines is 1. The normalized spacial score (nSPS) is 10.7. The topological polar surface area (TPSA) is 59.2 Å². The predicted octanol–water partition coefficient (Wildman–Crippen LogP) is 4.10. The van der Waals surface area contributed by atoms with Gasteiger partial charge < -0.3 is 9.72 Å². The van der Waals surface area contributed by atoms with Crippen LogP contribution in [0.25, 0.3) is 10.9 Å². The molecule has 0 saturated carbocycles. The van der Waals surface area contributed by atoms with Crippen molar-refractivity contribution < 1.29 is 9.53 Å². The van der Waals surface area contributed by atoms with Crippen LogP contribution >= 0.6 is 23.2 Å². The van der Waals surface area contributed by atoms with E-state index in [1.807, 2.05) is 6.07 Å². The minimum atomic E-state index is -0.276. The maximum Gasteiger partial charge on any atom is 0.248 e. The molecule has 0 atom stereocenters. The van der Waals surface area contributed by atoms with Crippen molar-refractivity contribution in [1.82, 2.24) is 4.98 Å². The Labute approximate surface area is 141 Å². The molecule has 23 heavy (non-hydrogen) atoms. The maximum absolute atomic E-state index is 12.2. The average molecular weight is 348 g/mol. The van der Waals surface area contributed by atoms with E-state index in [1.54, 1.807) is 30.3 Å². The number of ether oxygens (including phenoxy) is 1. The monoisotopic (exact) mass is 347 g/mol. The van der Waals surface area contributed by atoms with E-state index in [4.69, 9.17) is 27.9 Å². The Balaban J connectivity index is 1.84. The number of rotatable bonds is 4. The van der Waals surface area contributed by atoms with Crippen LogP contribution in [0.2, 0.25) is 10.0 Å². The summed E-state index contributed by atoms with van der Waals surface area (Å²) >= 11 is 11.8. The van der Waals surface area contributed by atoms with Crippen molar-refractivity contribution in [3.8, 4) is 5.75 Å². The fourth-order valence-corrected chi connectivity index (χ4v) is 2.72. The van der Waals surface area contributed by atoms with E-state index in [-0.39, 0.29) is 23.0 Å². The number of benzene rings is 2. The largest absolute Gasteiger partial charge is 0.483 e. The SMILES string of the molecule is O=C(COc1cccc2ccc(=O)[nH]c12)c1ccc(Cl)cc1Cl. The lowest BCUT2D eigenvalue weighted by atomic mass is 10.1. The smallest absolute Gasteiger partial charge is 0.248 e. The average Bonchev–Trinajstić information content (AvgIpc) is 2.52. The van der Waals surface area contributed by atoms with Gasteiger partial charge >= 0.3 is 0 Å². The van der Waals surface area contributed by atoms with Gasteiger partial charge in [-0.05, 0) is 30.3 Å². The molecule has 2 aromatic carbocycles. The molecule has 0 fully saturated rings. The molecule has 1 N–H and O–H groups in total. The van der Waals surface area contributed by atoms with Gasteiger partial charge in [-0.2, -0.15) is 0 Å². The van der Waals surface area contributed by atoms with E-state index < -0.39 is 0 Å². The second-order valence-corrected chi connectivity index (χ2v) is 5.72. The zero-order chi connectivity index (χ0) is 16.4. The molecule has 1 aromatic heterocycles. The number of carbonyl (C=O) groups excluding carboxylic acids is 1. The van der Waals surface area contributed by atoms with E-state index >= 15 is 0 Å². The summed E-state index contributed by atoms with van der Waals surface area (Å²) in [5, 5.41) is 1.55. The molecular weight excluding hydrogens is 337 g/mol. The highest BCUT2D eigenvalue weighted by Crippen LogP contribution is 2.24. The molecule has 0 unspecified atom stereocenters. The van der Waals surface area contributed by atoms with Crippen molar-refractivity contribution in [1.29, 1.82) is 0 Å². The zero-order valence-corrected chi connectivity index (χ0v) is 13.3. The van der Waals surface area contributed by atoms with Crippen LogP contribution < -0.4 is 10.3 Å². The van der Waals surface area contributed by atoms with Crippen molar-refractivity contribution in [3.63, 3.8) is 0 Å². The molecule has 0 aliphatic rings. The third-order valence-electron chi connectivity index (χ3n) is 3.31. The fourth-order valence-electron chi connectivity index (χ4n) is 2.21. The third-order valence-corrected chi connectivity index (χ3v) is 3.86. The number of carbonyl (C=O) groups is 1. The summed E-state index contributed by atoms with van der Waals surface area (Å²) in [5.74, 6) is 0.153. The number of halogens is 2. The molecule has 4 nitrogen and oxygen atoms in total. The van der Waals surface area contributed by atoms with Gasteiger partial charge in [0.25, 0.3) is 0 Å². The summed E-state index contributed by atoms with van der Waals surface area (Å²) in [4.78, 5) is 26.4. The summed E-state index contributed by atoms with van der Waals surface area (Å²) < 4.78 is 5.56.